The molecule has 1 unspecified atom stereocenters. The molecule has 27 heavy (non-hydrogen) atoms. The number of ether oxygens (including phenoxy) is 1. The van der Waals surface area contributed by atoms with Crippen molar-refractivity contribution in [1.29, 1.82) is 0 Å². The Morgan fingerprint density at radius 3 is 2.37 bits per heavy atom. The van der Waals surface area contributed by atoms with Gasteiger partial charge in [0.1, 0.15) is 5.75 Å². The lowest BCUT2D eigenvalue weighted by atomic mass is 9.96. The number of methoxy groups -OCH3 is 1. The average Bonchev–Trinajstić information content (AvgIpc) is 3.23. The SMILES string of the molecule is CN=C(NCC(c1ccc(OC)cc1)N1CCCC1)NC1CCCCC1.I. The molecule has 5 nitrogen and oxygen atoms in total. The molecule has 1 atom stereocenters. The second-order valence-electron chi connectivity index (χ2n) is 7.46. The van der Waals surface area contributed by atoms with Crippen LogP contribution in [0.15, 0.2) is 29.3 Å². The normalized spacial score (nSPS) is 20.0. The van der Waals surface area contributed by atoms with Crippen LogP contribution in [0.25, 0.3) is 0 Å². The van der Waals surface area contributed by atoms with Crippen molar-refractivity contribution in [1.82, 2.24) is 15.5 Å². The molecule has 6 heteroatoms. The highest BCUT2D eigenvalue weighted by molar-refractivity contribution is 14.0. The van der Waals surface area contributed by atoms with Gasteiger partial charge in [-0.15, -0.1) is 24.0 Å². The summed E-state index contributed by atoms with van der Waals surface area (Å²) in [5.74, 6) is 1.85. The van der Waals surface area contributed by atoms with Crippen LogP contribution in [0, 0.1) is 0 Å². The van der Waals surface area contributed by atoms with E-state index in [9.17, 15) is 0 Å². The van der Waals surface area contributed by atoms with Crippen molar-refractivity contribution in [3.8, 4) is 5.75 Å². The van der Waals surface area contributed by atoms with Crippen LogP contribution in [0.4, 0.5) is 0 Å². The molecule has 2 fully saturated rings. The van der Waals surface area contributed by atoms with Crippen molar-refractivity contribution >= 4 is 29.9 Å². The summed E-state index contributed by atoms with van der Waals surface area (Å²) in [7, 11) is 3.59. The largest absolute Gasteiger partial charge is 0.497 e. The molecule has 1 aromatic carbocycles. The lowest BCUT2D eigenvalue weighted by Gasteiger charge is -2.30. The van der Waals surface area contributed by atoms with Crippen molar-refractivity contribution in [2.45, 2.75) is 57.0 Å². The van der Waals surface area contributed by atoms with E-state index in [0.29, 0.717) is 12.1 Å². The van der Waals surface area contributed by atoms with Gasteiger partial charge in [0.15, 0.2) is 5.96 Å². The standard InChI is InChI=1S/C21H34N4O.HI/c1-22-21(24-18-8-4-3-5-9-18)23-16-20(25-14-6-7-15-25)17-10-12-19(26-2)13-11-17;/h10-13,18,20H,3-9,14-16H2,1-2H3,(H2,22,23,24);1H. The van der Waals surface area contributed by atoms with Gasteiger partial charge in [-0.1, -0.05) is 31.4 Å². The highest BCUT2D eigenvalue weighted by Crippen LogP contribution is 2.26. The second-order valence-corrected chi connectivity index (χ2v) is 7.46. The first-order chi connectivity index (χ1) is 12.8. The summed E-state index contributed by atoms with van der Waals surface area (Å²) in [5.41, 5.74) is 1.34. The van der Waals surface area contributed by atoms with Crippen LogP contribution in [0.5, 0.6) is 5.75 Å². The molecule has 1 aromatic rings. The maximum atomic E-state index is 5.32. The molecule has 2 aliphatic rings. The lowest BCUT2D eigenvalue weighted by molar-refractivity contribution is 0.245. The quantitative estimate of drug-likeness (QED) is 0.363. The Labute approximate surface area is 181 Å². The van der Waals surface area contributed by atoms with Crippen LogP contribution >= 0.6 is 24.0 Å². The molecule has 1 aliphatic carbocycles. The molecule has 0 spiro atoms. The summed E-state index contributed by atoms with van der Waals surface area (Å²) >= 11 is 0. The van der Waals surface area contributed by atoms with E-state index in [-0.39, 0.29) is 24.0 Å². The minimum atomic E-state index is 0. The van der Waals surface area contributed by atoms with E-state index in [4.69, 9.17) is 4.74 Å². The molecular weight excluding hydrogens is 451 g/mol. The van der Waals surface area contributed by atoms with Crippen molar-refractivity contribution < 1.29 is 4.74 Å². The molecule has 152 valence electrons. The summed E-state index contributed by atoms with van der Waals surface area (Å²) in [5, 5.41) is 7.21. The Morgan fingerprint density at radius 1 is 1.11 bits per heavy atom. The van der Waals surface area contributed by atoms with Gasteiger partial charge < -0.3 is 15.4 Å². The maximum Gasteiger partial charge on any atom is 0.191 e. The minimum Gasteiger partial charge on any atom is -0.497 e. The Hall–Kier alpha value is -1.02. The first-order valence-electron chi connectivity index (χ1n) is 10.2. The predicted octanol–water partition coefficient (Wildman–Crippen LogP) is 3.95. The van der Waals surface area contributed by atoms with Gasteiger partial charge in [0.2, 0.25) is 0 Å². The number of aliphatic imine (C=N–C) groups is 1. The molecule has 3 rings (SSSR count). The number of nitrogens with zero attached hydrogens (tertiary/aromatic N) is 2. The summed E-state index contributed by atoms with van der Waals surface area (Å²) < 4.78 is 5.32. The number of rotatable bonds is 6. The molecule has 1 saturated heterocycles. The molecule has 0 radical (unpaired) electrons. The molecule has 0 aromatic heterocycles. The molecular formula is C21H35IN4O. The molecule has 0 amide bonds. The van der Waals surface area contributed by atoms with Gasteiger partial charge in [-0.05, 0) is 56.5 Å². The van der Waals surface area contributed by atoms with Crippen LogP contribution in [0.1, 0.15) is 56.6 Å². The second kappa shape index (κ2) is 11.7. The van der Waals surface area contributed by atoms with Gasteiger partial charge in [-0.25, -0.2) is 0 Å². The van der Waals surface area contributed by atoms with Gasteiger partial charge in [0, 0.05) is 19.6 Å². The van der Waals surface area contributed by atoms with Gasteiger partial charge in [-0.2, -0.15) is 0 Å². The fourth-order valence-electron chi connectivity index (χ4n) is 4.17. The van der Waals surface area contributed by atoms with E-state index < -0.39 is 0 Å². The van der Waals surface area contributed by atoms with Crippen LogP contribution in [0.2, 0.25) is 0 Å². The fourth-order valence-corrected chi connectivity index (χ4v) is 4.17. The topological polar surface area (TPSA) is 48.9 Å². The first kappa shape index (κ1) is 22.3. The number of hydrogen-bond acceptors (Lipinski definition) is 3. The zero-order chi connectivity index (χ0) is 18.2. The van der Waals surface area contributed by atoms with Gasteiger partial charge in [-0.3, -0.25) is 9.89 Å². The summed E-state index contributed by atoms with van der Waals surface area (Å²) in [6, 6.07) is 9.46. The van der Waals surface area contributed by atoms with Crippen molar-refractivity contribution in [2.75, 3.05) is 33.8 Å². The lowest BCUT2D eigenvalue weighted by Crippen LogP contribution is -2.46. The zero-order valence-corrected chi connectivity index (χ0v) is 19.1. The van der Waals surface area contributed by atoms with Crippen LogP contribution < -0.4 is 15.4 Å². The fraction of sp³-hybridized carbons (Fsp3) is 0.667. The van der Waals surface area contributed by atoms with E-state index in [2.05, 4.69) is 44.8 Å². The summed E-state index contributed by atoms with van der Waals surface area (Å²) in [4.78, 5) is 7.04. The Kier molecular flexibility index (Phi) is 9.68. The zero-order valence-electron chi connectivity index (χ0n) is 16.7. The molecule has 1 saturated carbocycles. The van der Waals surface area contributed by atoms with Crippen LogP contribution in [0.3, 0.4) is 0 Å². The van der Waals surface area contributed by atoms with Crippen LogP contribution in [-0.4, -0.2) is 50.7 Å². The Morgan fingerprint density at radius 2 is 1.78 bits per heavy atom. The monoisotopic (exact) mass is 486 g/mol. The number of likely N-dealkylation sites (tertiary alicyclic amines) is 1. The van der Waals surface area contributed by atoms with Crippen LogP contribution in [-0.2, 0) is 0 Å². The maximum absolute atomic E-state index is 5.32. The molecule has 1 aliphatic heterocycles. The smallest absolute Gasteiger partial charge is 0.191 e. The van der Waals surface area contributed by atoms with E-state index >= 15 is 0 Å². The summed E-state index contributed by atoms with van der Waals surface area (Å²) in [6.45, 7) is 3.22. The highest BCUT2D eigenvalue weighted by Gasteiger charge is 2.24. The van der Waals surface area contributed by atoms with E-state index in [1.807, 2.05) is 7.05 Å². The highest BCUT2D eigenvalue weighted by atomic mass is 127. The van der Waals surface area contributed by atoms with Gasteiger partial charge in [0.25, 0.3) is 0 Å². The number of benzene rings is 1. The van der Waals surface area contributed by atoms with Gasteiger partial charge >= 0.3 is 0 Å². The van der Waals surface area contributed by atoms with Crippen molar-refractivity contribution in [3.05, 3.63) is 29.8 Å². The van der Waals surface area contributed by atoms with E-state index in [1.54, 1.807) is 7.11 Å². The average molecular weight is 486 g/mol. The first-order valence-corrected chi connectivity index (χ1v) is 10.2. The third-order valence-corrected chi connectivity index (χ3v) is 5.71. The van der Waals surface area contributed by atoms with E-state index in [1.165, 1.54) is 63.6 Å². The summed E-state index contributed by atoms with van der Waals surface area (Å²) in [6.07, 6.45) is 9.14. The van der Waals surface area contributed by atoms with E-state index in [0.717, 1.165) is 18.3 Å². The third-order valence-electron chi connectivity index (χ3n) is 5.71. The minimum absolute atomic E-state index is 0. The van der Waals surface area contributed by atoms with Crippen molar-refractivity contribution in [3.63, 3.8) is 0 Å². The predicted molar refractivity (Wildman–Crippen MR) is 123 cm³/mol. The Bertz CT molecular complexity index is 566. The number of halogens is 1. The molecule has 2 N–H and O–H groups in total. The number of hydrogen-bond donors (Lipinski definition) is 2. The molecule has 0 bridgehead atoms. The third kappa shape index (κ3) is 6.52. The number of nitrogens with one attached hydrogen (secondary N) is 2. The Balaban J connectivity index is 0.00000261. The number of guanidine groups is 1. The molecule has 1 heterocycles. The van der Waals surface area contributed by atoms with Gasteiger partial charge in [0.05, 0.1) is 13.2 Å². The van der Waals surface area contributed by atoms with Crippen molar-refractivity contribution in [2.24, 2.45) is 4.99 Å².